The van der Waals surface area contributed by atoms with Gasteiger partial charge in [0.2, 0.25) is 5.89 Å². The molecule has 0 bridgehead atoms. The van der Waals surface area contributed by atoms with Crippen molar-refractivity contribution in [3.05, 3.63) is 46.9 Å². The normalized spacial score (nSPS) is 10.5. The monoisotopic (exact) mass is 226 g/mol. The summed E-state index contributed by atoms with van der Waals surface area (Å²) in [7, 11) is 0. The summed E-state index contributed by atoms with van der Waals surface area (Å²) in [6, 6.07) is 6.41. The first-order valence-corrected chi connectivity index (χ1v) is 4.84. The van der Waals surface area contributed by atoms with Gasteiger partial charge in [-0.1, -0.05) is 17.2 Å². The topological polar surface area (TPSA) is 38.9 Å². The lowest BCUT2D eigenvalue weighted by molar-refractivity contribution is 0.494. The zero-order valence-corrected chi connectivity index (χ0v) is 8.54. The second kappa shape index (κ2) is 4.40. The molecule has 3 nitrogen and oxygen atoms in total. The smallest absolute Gasteiger partial charge is 0.312 e. The van der Waals surface area contributed by atoms with Crippen molar-refractivity contribution in [2.45, 2.75) is 12.8 Å². The van der Waals surface area contributed by atoms with E-state index in [1.807, 2.05) is 6.07 Å². The summed E-state index contributed by atoms with van der Waals surface area (Å²) in [6.07, 6.45) is 1.21. The number of hydrogen-bond acceptors (Lipinski definition) is 3. The number of nitrogens with zero attached hydrogens (tertiary/aromatic N) is 2. The minimum atomic E-state index is -0.240. The Hall–Kier alpha value is -1.42. The van der Waals surface area contributed by atoms with E-state index < -0.39 is 0 Å². The van der Waals surface area contributed by atoms with E-state index in [-0.39, 0.29) is 11.2 Å². The van der Waals surface area contributed by atoms with Crippen molar-refractivity contribution in [1.82, 2.24) is 10.2 Å². The van der Waals surface area contributed by atoms with Crippen LogP contribution in [0.2, 0.25) is 5.35 Å². The molecule has 15 heavy (non-hydrogen) atoms. The number of halogens is 2. The first kappa shape index (κ1) is 10.1. The molecule has 0 aliphatic rings. The van der Waals surface area contributed by atoms with Crippen LogP contribution in [0.1, 0.15) is 11.5 Å². The fraction of sp³-hybridized carbons (Fsp3) is 0.200. The van der Waals surface area contributed by atoms with Gasteiger partial charge < -0.3 is 4.42 Å². The minimum absolute atomic E-state index is 0.0317. The van der Waals surface area contributed by atoms with Crippen molar-refractivity contribution in [3.8, 4) is 0 Å². The van der Waals surface area contributed by atoms with Gasteiger partial charge in [-0.15, -0.1) is 5.10 Å². The van der Waals surface area contributed by atoms with Crippen molar-refractivity contribution in [2.75, 3.05) is 0 Å². The SMILES string of the molecule is Fc1cccc(CCc2nnc(Cl)o2)c1. The molecular weight excluding hydrogens is 219 g/mol. The molecule has 0 aliphatic heterocycles. The van der Waals surface area contributed by atoms with Gasteiger partial charge in [0.25, 0.3) is 0 Å². The van der Waals surface area contributed by atoms with Crippen LogP contribution in [-0.2, 0) is 12.8 Å². The van der Waals surface area contributed by atoms with Gasteiger partial charge in [0.15, 0.2) is 0 Å². The summed E-state index contributed by atoms with van der Waals surface area (Å²) in [4.78, 5) is 0. The third kappa shape index (κ3) is 2.76. The fourth-order valence-electron chi connectivity index (χ4n) is 1.28. The van der Waals surface area contributed by atoms with Crippen LogP contribution in [-0.4, -0.2) is 10.2 Å². The Balaban J connectivity index is 1.99. The van der Waals surface area contributed by atoms with E-state index in [1.165, 1.54) is 12.1 Å². The van der Waals surface area contributed by atoms with E-state index in [0.29, 0.717) is 18.7 Å². The summed E-state index contributed by atoms with van der Waals surface area (Å²) in [5, 5.41) is 7.26. The molecule has 0 fully saturated rings. The van der Waals surface area contributed by atoms with E-state index in [2.05, 4.69) is 10.2 Å². The Kier molecular flexibility index (Phi) is 2.97. The van der Waals surface area contributed by atoms with Crippen LogP contribution in [0.15, 0.2) is 28.7 Å². The summed E-state index contributed by atoms with van der Waals surface area (Å²) >= 11 is 5.47. The Labute approximate surface area is 90.9 Å². The number of rotatable bonds is 3. The van der Waals surface area contributed by atoms with Gasteiger partial charge in [-0.05, 0) is 35.7 Å². The van der Waals surface area contributed by atoms with Gasteiger partial charge in [0.05, 0.1) is 0 Å². The molecule has 0 aliphatic carbocycles. The Morgan fingerprint density at radius 1 is 1.27 bits per heavy atom. The Morgan fingerprint density at radius 2 is 2.13 bits per heavy atom. The largest absolute Gasteiger partial charge is 0.412 e. The summed E-state index contributed by atoms with van der Waals surface area (Å²) in [5.41, 5.74) is 0.893. The number of benzene rings is 1. The average molecular weight is 227 g/mol. The zero-order chi connectivity index (χ0) is 10.7. The molecule has 1 aromatic carbocycles. The molecule has 0 atom stereocenters. The lowest BCUT2D eigenvalue weighted by Crippen LogP contribution is -1.92. The number of hydrogen-bond donors (Lipinski definition) is 0. The van der Waals surface area contributed by atoms with Crippen molar-refractivity contribution in [2.24, 2.45) is 0 Å². The van der Waals surface area contributed by atoms with Crippen molar-refractivity contribution >= 4 is 11.6 Å². The van der Waals surface area contributed by atoms with E-state index in [0.717, 1.165) is 5.56 Å². The molecular formula is C10H8ClFN2O. The maximum atomic E-state index is 12.8. The second-order valence-corrected chi connectivity index (χ2v) is 3.40. The molecule has 0 unspecified atom stereocenters. The molecule has 78 valence electrons. The van der Waals surface area contributed by atoms with Crippen LogP contribution in [0.4, 0.5) is 4.39 Å². The molecule has 0 N–H and O–H groups in total. The van der Waals surface area contributed by atoms with Crippen LogP contribution < -0.4 is 0 Å². The highest BCUT2D eigenvalue weighted by Crippen LogP contribution is 2.10. The van der Waals surface area contributed by atoms with E-state index in [4.69, 9.17) is 16.0 Å². The van der Waals surface area contributed by atoms with E-state index in [1.54, 1.807) is 6.07 Å². The molecule has 2 rings (SSSR count). The highest BCUT2D eigenvalue weighted by atomic mass is 35.5. The molecule has 1 aromatic heterocycles. The number of aromatic nitrogens is 2. The van der Waals surface area contributed by atoms with Gasteiger partial charge in [0.1, 0.15) is 5.82 Å². The lowest BCUT2D eigenvalue weighted by Gasteiger charge is -1.97. The molecule has 5 heteroatoms. The van der Waals surface area contributed by atoms with Crippen molar-refractivity contribution in [1.29, 1.82) is 0 Å². The highest BCUT2D eigenvalue weighted by molar-refractivity contribution is 6.27. The molecule has 0 radical (unpaired) electrons. The maximum Gasteiger partial charge on any atom is 0.312 e. The van der Waals surface area contributed by atoms with Crippen LogP contribution in [0, 0.1) is 5.82 Å². The van der Waals surface area contributed by atoms with Crippen LogP contribution in [0.5, 0.6) is 0 Å². The van der Waals surface area contributed by atoms with E-state index in [9.17, 15) is 4.39 Å². The van der Waals surface area contributed by atoms with Gasteiger partial charge >= 0.3 is 5.35 Å². The second-order valence-electron chi connectivity index (χ2n) is 3.08. The van der Waals surface area contributed by atoms with Gasteiger partial charge in [-0.3, -0.25) is 0 Å². The first-order valence-electron chi connectivity index (χ1n) is 4.46. The molecule has 2 aromatic rings. The van der Waals surface area contributed by atoms with Gasteiger partial charge in [-0.25, -0.2) is 4.39 Å². The molecule has 0 saturated carbocycles. The number of aryl methyl sites for hydroxylation is 2. The van der Waals surface area contributed by atoms with Gasteiger partial charge in [-0.2, -0.15) is 0 Å². The highest BCUT2D eigenvalue weighted by Gasteiger charge is 2.04. The lowest BCUT2D eigenvalue weighted by atomic mass is 10.1. The summed E-state index contributed by atoms with van der Waals surface area (Å²) < 4.78 is 17.8. The third-order valence-corrected chi connectivity index (χ3v) is 2.11. The molecule has 0 saturated heterocycles. The standard InChI is InChI=1S/C10H8ClFN2O/c11-10-14-13-9(15-10)5-4-7-2-1-3-8(12)6-7/h1-3,6H,4-5H2. The van der Waals surface area contributed by atoms with Crippen molar-refractivity contribution < 1.29 is 8.81 Å². The van der Waals surface area contributed by atoms with E-state index >= 15 is 0 Å². The minimum Gasteiger partial charge on any atom is -0.412 e. The Bertz CT molecular complexity index is 458. The predicted molar refractivity (Wildman–Crippen MR) is 53.1 cm³/mol. The quantitative estimate of drug-likeness (QED) is 0.808. The first-order chi connectivity index (χ1) is 7.24. The van der Waals surface area contributed by atoms with Crippen LogP contribution >= 0.6 is 11.6 Å². The average Bonchev–Trinajstić information content (AvgIpc) is 2.62. The predicted octanol–water partition coefficient (Wildman–Crippen LogP) is 2.65. The maximum absolute atomic E-state index is 12.8. The van der Waals surface area contributed by atoms with Gasteiger partial charge in [0, 0.05) is 6.42 Å². The summed E-state index contributed by atoms with van der Waals surface area (Å²) in [6.45, 7) is 0. The van der Waals surface area contributed by atoms with Crippen molar-refractivity contribution in [3.63, 3.8) is 0 Å². The Morgan fingerprint density at radius 3 is 2.80 bits per heavy atom. The molecule has 0 spiro atoms. The molecule has 0 amide bonds. The summed E-state index contributed by atoms with van der Waals surface area (Å²) in [5.74, 6) is 0.223. The zero-order valence-electron chi connectivity index (χ0n) is 7.78. The third-order valence-electron chi connectivity index (χ3n) is 1.96. The van der Waals surface area contributed by atoms with Crippen LogP contribution in [0.3, 0.4) is 0 Å². The fourth-order valence-corrected chi connectivity index (χ4v) is 1.40. The molecule has 1 heterocycles. The van der Waals surface area contributed by atoms with Crippen LogP contribution in [0.25, 0.3) is 0 Å².